The number of hydrogen-bond acceptors (Lipinski definition) is 6. The van der Waals surface area contributed by atoms with E-state index in [2.05, 4.69) is 20.6 Å². The lowest BCUT2D eigenvalue weighted by Crippen LogP contribution is -2.27. The van der Waals surface area contributed by atoms with E-state index in [-0.39, 0.29) is 16.3 Å². The van der Waals surface area contributed by atoms with Crippen molar-refractivity contribution in [3.63, 3.8) is 0 Å². The Morgan fingerprint density at radius 2 is 1.84 bits per heavy atom. The zero-order valence-corrected chi connectivity index (χ0v) is 13.7. The maximum absolute atomic E-state index is 12.4. The Balaban J connectivity index is 1.65. The first-order chi connectivity index (χ1) is 12.1. The molecule has 1 aromatic carbocycles. The normalized spacial score (nSPS) is 11.0. The highest BCUT2D eigenvalue weighted by Gasteiger charge is 2.17. The minimum absolute atomic E-state index is 0.112. The van der Waals surface area contributed by atoms with Gasteiger partial charge in [-0.3, -0.25) is 4.98 Å². The number of pyridine rings is 1. The maximum Gasteiger partial charge on any atom is 0.319 e. The average molecular weight is 358 g/mol. The summed E-state index contributed by atoms with van der Waals surface area (Å²) in [5.74, 6) is 0.521. The molecule has 0 atom stereocenters. The van der Waals surface area contributed by atoms with Crippen LogP contribution in [-0.2, 0) is 16.4 Å². The van der Waals surface area contributed by atoms with E-state index >= 15 is 0 Å². The molecular weight excluding hydrogens is 344 g/mol. The van der Waals surface area contributed by atoms with E-state index < -0.39 is 15.9 Å². The molecule has 0 saturated carbocycles. The van der Waals surface area contributed by atoms with Gasteiger partial charge in [-0.15, -0.1) is 0 Å². The molecule has 0 radical (unpaired) electrons. The van der Waals surface area contributed by atoms with Gasteiger partial charge < -0.3 is 15.1 Å². The Labute approximate surface area is 143 Å². The highest BCUT2D eigenvalue weighted by atomic mass is 32.2. The Hall–Kier alpha value is -3.20. The second-order valence-electron chi connectivity index (χ2n) is 4.99. The third-order valence-electron chi connectivity index (χ3n) is 3.27. The number of carbonyl (C=O) groups excluding carboxylic acids is 1. The number of nitrogens with zero attached hydrogens (tertiary/aromatic N) is 2. The highest BCUT2D eigenvalue weighted by molar-refractivity contribution is 7.91. The molecule has 0 unspecified atom stereocenters. The number of rotatable bonds is 5. The summed E-state index contributed by atoms with van der Waals surface area (Å²) >= 11 is 0. The molecule has 3 aromatic rings. The molecule has 0 aliphatic carbocycles. The van der Waals surface area contributed by atoms with Crippen LogP contribution in [0.5, 0.6) is 0 Å². The number of urea groups is 1. The molecule has 8 nitrogen and oxygen atoms in total. The van der Waals surface area contributed by atoms with Crippen molar-refractivity contribution in [2.24, 2.45) is 0 Å². The number of hydrogen-bond donors (Lipinski definition) is 2. The van der Waals surface area contributed by atoms with Gasteiger partial charge in [-0.25, -0.2) is 18.2 Å². The molecule has 25 heavy (non-hydrogen) atoms. The molecule has 0 aliphatic rings. The summed E-state index contributed by atoms with van der Waals surface area (Å²) in [5, 5.41) is 5.20. The number of aromatic nitrogens is 2. The Bertz CT molecular complexity index is 940. The molecule has 0 bridgehead atoms. The highest BCUT2D eigenvalue weighted by Crippen LogP contribution is 2.21. The third-order valence-corrected chi connectivity index (χ3v) is 5.03. The van der Waals surface area contributed by atoms with Crippen LogP contribution in [0.4, 0.5) is 10.5 Å². The van der Waals surface area contributed by atoms with Gasteiger partial charge in [0.25, 0.3) is 0 Å². The molecule has 3 rings (SSSR count). The van der Waals surface area contributed by atoms with Crippen LogP contribution in [0.3, 0.4) is 0 Å². The molecule has 0 aliphatic heterocycles. The monoisotopic (exact) mass is 358 g/mol. The minimum atomic E-state index is -3.63. The fraction of sp³-hybridized carbons (Fsp3) is 0.0625. The molecule has 2 heterocycles. The lowest BCUT2D eigenvalue weighted by Gasteiger charge is -2.08. The Kier molecular flexibility index (Phi) is 4.75. The van der Waals surface area contributed by atoms with Crippen molar-refractivity contribution >= 4 is 21.6 Å². The van der Waals surface area contributed by atoms with Crippen LogP contribution >= 0.6 is 0 Å². The summed E-state index contributed by atoms with van der Waals surface area (Å²) in [7, 11) is -3.63. The van der Waals surface area contributed by atoms with Gasteiger partial charge in [0, 0.05) is 18.1 Å². The van der Waals surface area contributed by atoms with E-state index in [9.17, 15) is 13.2 Å². The van der Waals surface area contributed by atoms with Gasteiger partial charge in [0.05, 0.1) is 22.5 Å². The zero-order chi connectivity index (χ0) is 17.7. The second kappa shape index (κ2) is 7.14. The summed E-state index contributed by atoms with van der Waals surface area (Å²) in [6.07, 6.45) is 5.57. The maximum atomic E-state index is 12.4. The number of benzene rings is 1. The number of anilines is 1. The van der Waals surface area contributed by atoms with E-state index in [4.69, 9.17) is 4.42 Å². The van der Waals surface area contributed by atoms with E-state index in [0.717, 1.165) is 0 Å². The van der Waals surface area contributed by atoms with E-state index in [1.165, 1.54) is 55.3 Å². The van der Waals surface area contributed by atoms with Gasteiger partial charge in [0.1, 0.15) is 5.76 Å². The van der Waals surface area contributed by atoms with Crippen molar-refractivity contribution in [1.29, 1.82) is 0 Å². The first-order valence-corrected chi connectivity index (χ1v) is 8.71. The van der Waals surface area contributed by atoms with Crippen LogP contribution in [-0.4, -0.2) is 24.4 Å². The summed E-state index contributed by atoms with van der Waals surface area (Å²) < 4.78 is 29.9. The quantitative estimate of drug-likeness (QED) is 0.723. The topological polar surface area (TPSA) is 114 Å². The van der Waals surface area contributed by atoms with Crippen LogP contribution < -0.4 is 10.6 Å². The molecular formula is C16H14N4O4S. The summed E-state index contributed by atoms with van der Waals surface area (Å²) in [4.78, 5) is 19.6. The van der Waals surface area contributed by atoms with Gasteiger partial charge in [0.2, 0.25) is 9.84 Å². The SMILES string of the molecule is O=C(NCc1cnco1)Nc1ccc(S(=O)(=O)c2cccnc2)cc1. The van der Waals surface area contributed by atoms with Gasteiger partial charge in [-0.2, -0.15) is 0 Å². The van der Waals surface area contributed by atoms with Gasteiger partial charge in [-0.1, -0.05) is 0 Å². The largest absolute Gasteiger partial charge is 0.447 e. The van der Waals surface area contributed by atoms with Crippen LogP contribution in [0, 0.1) is 0 Å². The predicted molar refractivity (Wildman–Crippen MR) is 88.5 cm³/mol. The van der Waals surface area contributed by atoms with Crippen molar-refractivity contribution in [3.8, 4) is 0 Å². The van der Waals surface area contributed by atoms with Crippen LogP contribution in [0.15, 0.2) is 75.6 Å². The molecule has 0 spiro atoms. The fourth-order valence-electron chi connectivity index (χ4n) is 2.03. The zero-order valence-electron chi connectivity index (χ0n) is 12.9. The standard InChI is InChI=1S/C16H14N4O4S/c21-16(19-9-13-8-18-11-24-13)20-12-3-5-14(6-4-12)25(22,23)15-2-1-7-17-10-15/h1-8,10-11H,9H2,(H2,19,20,21). The molecule has 0 fully saturated rings. The second-order valence-corrected chi connectivity index (χ2v) is 6.94. The van der Waals surface area contributed by atoms with Gasteiger partial charge in [0.15, 0.2) is 6.39 Å². The van der Waals surface area contributed by atoms with Crippen molar-refractivity contribution in [2.75, 3.05) is 5.32 Å². The number of amides is 2. The number of carbonyl (C=O) groups is 1. The first-order valence-electron chi connectivity index (χ1n) is 7.23. The van der Waals surface area contributed by atoms with E-state index in [0.29, 0.717) is 11.4 Å². The summed E-state index contributed by atoms with van der Waals surface area (Å²) in [5.41, 5.74) is 0.459. The van der Waals surface area contributed by atoms with Crippen molar-refractivity contribution < 1.29 is 17.6 Å². The lowest BCUT2D eigenvalue weighted by atomic mass is 10.3. The average Bonchev–Trinajstić information content (AvgIpc) is 3.15. The van der Waals surface area contributed by atoms with Crippen molar-refractivity contribution in [3.05, 3.63) is 67.1 Å². The number of sulfone groups is 1. The molecule has 9 heteroatoms. The van der Waals surface area contributed by atoms with Crippen LogP contribution in [0.25, 0.3) is 0 Å². The van der Waals surface area contributed by atoms with Crippen molar-refractivity contribution in [1.82, 2.24) is 15.3 Å². The Morgan fingerprint density at radius 1 is 1.04 bits per heavy atom. The summed E-state index contributed by atoms with van der Waals surface area (Å²) in [6.45, 7) is 0.194. The van der Waals surface area contributed by atoms with Crippen molar-refractivity contribution in [2.45, 2.75) is 16.3 Å². The molecule has 0 saturated heterocycles. The van der Waals surface area contributed by atoms with Gasteiger partial charge >= 0.3 is 6.03 Å². The first kappa shape index (κ1) is 16.7. The lowest BCUT2D eigenvalue weighted by molar-refractivity contribution is 0.251. The fourth-order valence-corrected chi connectivity index (χ4v) is 3.26. The van der Waals surface area contributed by atoms with Crippen LogP contribution in [0.2, 0.25) is 0 Å². The molecule has 2 amide bonds. The summed E-state index contributed by atoms with van der Waals surface area (Å²) in [6, 6.07) is 8.46. The molecule has 2 N–H and O–H groups in total. The predicted octanol–water partition coefficient (Wildman–Crippen LogP) is 2.22. The molecule has 2 aromatic heterocycles. The molecule has 128 valence electrons. The van der Waals surface area contributed by atoms with E-state index in [1.54, 1.807) is 6.07 Å². The minimum Gasteiger partial charge on any atom is -0.447 e. The third kappa shape index (κ3) is 4.01. The smallest absolute Gasteiger partial charge is 0.319 e. The Morgan fingerprint density at radius 3 is 2.48 bits per heavy atom. The number of nitrogens with one attached hydrogen (secondary N) is 2. The van der Waals surface area contributed by atoms with Crippen LogP contribution in [0.1, 0.15) is 5.76 Å². The van der Waals surface area contributed by atoms with E-state index in [1.807, 2.05) is 0 Å². The van der Waals surface area contributed by atoms with Gasteiger partial charge in [-0.05, 0) is 36.4 Å². The number of oxazole rings is 1.